The molecule has 3 heterocycles. The lowest BCUT2D eigenvalue weighted by molar-refractivity contribution is 0.00689. The first-order chi connectivity index (χ1) is 18.0. The molecule has 0 spiro atoms. The molecule has 1 aromatic carbocycles. The zero-order chi connectivity index (χ0) is 27.2. The largest absolute Gasteiger partial charge is 0.487 e. The molecule has 1 saturated carbocycles. The van der Waals surface area contributed by atoms with Gasteiger partial charge in [0.15, 0.2) is 5.75 Å². The molecular formula is C26H34BrClFN5O4. The number of fused-ring (bicyclic) bond motifs is 1. The molecule has 5 rings (SSSR count). The Labute approximate surface area is 235 Å². The minimum atomic E-state index is -0.882. The Balaban J connectivity index is 1.56. The average Bonchev–Trinajstić information content (AvgIpc) is 3.59. The predicted molar refractivity (Wildman–Crippen MR) is 146 cm³/mol. The maximum atomic E-state index is 13.9. The van der Waals surface area contributed by atoms with Crippen LogP contribution >= 0.6 is 27.5 Å². The lowest BCUT2D eigenvalue weighted by Gasteiger charge is -2.40. The molecule has 2 aromatic rings. The van der Waals surface area contributed by atoms with Gasteiger partial charge in [-0.1, -0.05) is 11.6 Å². The summed E-state index contributed by atoms with van der Waals surface area (Å²) in [6, 6.07) is 3.31. The van der Waals surface area contributed by atoms with Crippen LogP contribution < -0.4 is 14.8 Å². The Morgan fingerprint density at radius 3 is 2.68 bits per heavy atom. The average molecular weight is 615 g/mol. The van der Waals surface area contributed by atoms with Crippen LogP contribution in [0.4, 0.5) is 9.18 Å². The van der Waals surface area contributed by atoms with Crippen molar-refractivity contribution in [2.75, 3.05) is 33.3 Å². The fourth-order valence-corrected chi connectivity index (χ4v) is 5.56. The second-order valence-electron chi connectivity index (χ2n) is 11.2. The molecule has 1 aromatic heterocycles. The van der Waals surface area contributed by atoms with E-state index in [9.17, 15) is 9.18 Å². The number of hydrogen-bond acceptors (Lipinski definition) is 8. The normalized spacial score (nSPS) is 26.6. The van der Waals surface area contributed by atoms with Gasteiger partial charge in [-0.2, -0.15) is 9.97 Å². The predicted octanol–water partition coefficient (Wildman–Crippen LogP) is 4.80. The highest BCUT2D eigenvalue weighted by Gasteiger charge is 2.39. The van der Waals surface area contributed by atoms with E-state index < -0.39 is 29.4 Å². The van der Waals surface area contributed by atoms with Crippen LogP contribution in [-0.2, 0) is 4.74 Å². The number of nitrogens with zero attached hydrogens (tertiary/aromatic N) is 4. The van der Waals surface area contributed by atoms with E-state index in [4.69, 9.17) is 35.8 Å². The minimum absolute atomic E-state index is 0.0840. The van der Waals surface area contributed by atoms with Crippen molar-refractivity contribution >= 4 is 44.5 Å². The van der Waals surface area contributed by atoms with Crippen LogP contribution in [0, 0.1) is 0 Å². The van der Waals surface area contributed by atoms with Gasteiger partial charge in [-0.3, -0.25) is 9.80 Å². The van der Waals surface area contributed by atoms with Crippen molar-refractivity contribution in [1.29, 1.82) is 0 Å². The number of alkyl halides is 2. The maximum Gasteiger partial charge on any atom is 0.412 e. The number of likely N-dealkylation sites (N-methyl/N-ethyl adjacent to an activating group) is 1. The highest BCUT2D eigenvalue weighted by atomic mass is 79.9. The van der Waals surface area contributed by atoms with Crippen molar-refractivity contribution in [3.8, 4) is 11.8 Å². The third kappa shape index (κ3) is 6.11. The fourth-order valence-electron chi connectivity index (χ4n) is 4.82. The molecule has 2 saturated heterocycles. The van der Waals surface area contributed by atoms with Crippen molar-refractivity contribution < 1.29 is 23.4 Å². The number of benzene rings is 1. The lowest BCUT2D eigenvalue weighted by atomic mass is 10.0. The Bertz CT molecular complexity index is 1200. The van der Waals surface area contributed by atoms with Gasteiger partial charge < -0.3 is 19.5 Å². The first-order valence-corrected chi connectivity index (χ1v) is 14.2. The van der Waals surface area contributed by atoms with Gasteiger partial charge in [0.2, 0.25) is 0 Å². The molecule has 38 heavy (non-hydrogen) atoms. The Morgan fingerprint density at radius 2 is 2.03 bits per heavy atom. The summed E-state index contributed by atoms with van der Waals surface area (Å²) in [6.45, 7) is 6.89. The first kappa shape index (κ1) is 27.6. The summed E-state index contributed by atoms with van der Waals surface area (Å²) in [4.78, 5) is 26.3. The van der Waals surface area contributed by atoms with E-state index in [0.29, 0.717) is 43.0 Å². The summed E-state index contributed by atoms with van der Waals surface area (Å²) in [7, 11) is 1.88. The lowest BCUT2D eigenvalue weighted by Crippen LogP contribution is -2.54. The van der Waals surface area contributed by atoms with E-state index in [1.54, 1.807) is 0 Å². The van der Waals surface area contributed by atoms with Gasteiger partial charge in [0.05, 0.1) is 22.3 Å². The third-order valence-corrected chi connectivity index (χ3v) is 7.83. The van der Waals surface area contributed by atoms with Crippen LogP contribution in [-0.4, -0.2) is 88.6 Å². The number of ether oxygens (including phenoxy) is 3. The molecule has 208 valence electrons. The monoisotopic (exact) mass is 613 g/mol. The summed E-state index contributed by atoms with van der Waals surface area (Å²) >= 11 is 10.3. The molecule has 1 amide bonds. The highest BCUT2D eigenvalue weighted by molar-refractivity contribution is 9.10. The van der Waals surface area contributed by atoms with Gasteiger partial charge in [0, 0.05) is 31.1 Å². The van der Waals surface area contributed by atoms with Crippen LogP contribution in [0.25, 0.3) is 10.9 Å². The second-order valence-corrected chi connectivity index (χ2v) is 12.6. The summed E-state index contributed by atoms with van der Waals surface area (Å²) < 4.78 is 32.7. The molecule has 0 radical (unpaired) electrons. The van der Waals surface area contributed by atoms with Crippen LogP contribution in [0.15, 0.2) is 16.6 Å². The van der Waals surface area contributed by atoms with E-state index in [1.807, 2.05) is 44.9 Å². The van der Waals surface area contributed by atoms with Crippen molar-refractivity contribution in [1.82, 2.24) is 25.1 Å². The van der Waals surface area contributed by atoms with E-state index >= 15 is 0 Å². The molecule has 1 N–H and O–H groups in total. The van der Waals surface area contributed by atoms with Gasteiger partial charge in [0.1, 0.15) is 29.4 Å². The summed E-state index contributed by atoms with van der Waals surface area (Å²) in [5.41, 5.74) is -0.187. The van der Waals surface area contributed by atoms with Crippen LogP contribution in [0.5, 0.6) is 11.8 Å². The number of likely N-dealkylation sites (tertiary alicyclic amines) is 1. The van der Waals surface area contributed by atoms with Crippen molar-refractivity contribution in [2.45, 2.75) is 75.5 Å². The highest BCUT2D eigenvalue weighted by Crippen LogP contribution is 2.41. The number of rotatable bonds is 6. The first-order valence-electron chi connectivity index (χ1n) is 13.0. The Hall–Kier alpha value is -1.95. The van der Waals surface area contributed by atoms with Gasteiger partial charge >= 0.3 is 12.1 Å². The molecule has 1 aliphatic carbocycles. The van der Waals surface area contributed by atoms with Gasteiger partial charge in [-0.25, -0.2) is 9.18 Å². The van der Waals surface area contributed by atoms with Crippen LogP contribution in [0.1, 0.15) is 51.8 Å². The summed E-state index contributed by atoms with van der Waals surface area (Å²) in [5, 5.41) is 4.03. The fraction of sp³-hybridized carbons (Fsp3) is 0.654. The molecule has 3 fully saturated rings. The van der Waals surface area contributed by atoms with Gasteiger partial charge in [-0.15, -0.1) is 0 Å². The minimum Gasteiger partial charge on any atom is -0.487 e. The number of amides is 1. The number of nitrogens with one attached hydrogen (secondary N) is 1. The quantitative estimate of drug-likeness (QED) is 0.367. The topological polar surface area (TPSA) is 89.1 Å². The number of piperazine rings is 1. The molecular weight excluding hydrogens is 581 g/mol. The molecule has 4 atom stereocenters. The SMILES string of the molecule is CN1C[C@@H](F)C[C@H]1COc1nc(C2CNCC(Cl)N2C(=O)OC(C)(C)C)c2ccc(Br)c(OC3CC3)c2n1. The Morgan fingerprint density at radius 1 is 1.26 bits per heavy atom. The summed E-state index contributed by atoms with van der Waals surface area (Å²) in [5.74, 6) is 0.607. The van der Waals surface area contributed by atoms with E-state index in [-0.39, 0.29) is 24.8 Å². The summed E-state index contributed by atoms with van der Waals surface area (Å²) in [6.07, 6.45) is 1.09. The molecule has 2 unspecified atom stereocenters. The van der Waals surface area contributed by atoms with E-state index in [0.717, 1.165) is 22.7 Å². The Kier molecular flexibility index (Phi) is 7.92. The molecule has 12 heteroatoms. The van der Waals surface area contributed by atoms with Crippen molar-refractivity contribution in [3.63, 3.8) is 0 Å². The zero-order valence-electron chi connectivity index (χ0n) is 22.0. The maximum absolute atomic E-state index is 13.9. The zero-order valence-corrected chi connectivity index (χ0v) is 24.4. The van der Waals surface area contributed by atoms with Crippen molar-refractivity contribution in [2.24, 2.45) is 0 Å². The van der Waals surface area contributed by atoms with E-state index in [1.165, 1.54) is 4.90 Å². The number of halogens is 3. The molecule has 9 nitrogen and oxygen atoms in total. The number of carbonyl (C=O) groups is 1. The number of hydrogen-bond donors (Lipinski definition) is 1. The molecule has 0 bridgehead atoms. The van der Waals surface area contributed by atoms with Crippen LogP contribution in [0.2, 0.25) is 0 Å². The molecule has 3 aliphatic rings. The number of aromatic nitrogens is 2. The van der Waals surface area contributed by atoms with Gasteiger partial charge in [-0.05, 0) is 75.1 Å². The third-order valence-electron chi connectivity index (χ3n) is 6.84. The smallest absolute Gasteiger partial charge is 0.412 e. The standard InChI is InChI=1S/C26H34BrClFN5O4/c1-26(2,3)38-25(35)34-19(10-30-11-20(34)28)21-17-7-8-18(27)23(37-16-5-6-16)22(17)32-24(31-21)36-13-15-9-14(29)12-33(15)4/h7-8,14-16,19-20,30H,5-6,9-13H2,1-4H3/t14-,15-,19?,20?/m0/s1. The van der Waals surface area contributed by atoms with Crippen LogP contribution in [0.3, 0.4) is 0 Å². The molecule has 2 aliphatic heterocycles. The second kappa shape index (κ2) is 10.9. The van der Waals surface area contributed by atoms with Crippen molar-refractivity contribution in [3.05, 3.63) is 22.3 Å². The number of carbonyl (C=O) groups excluding carboxylic acids is 1. The van der Waals surface area contributed by atoms with Gasteiger partial charge in [0.25, 0.3) is 0 Å². The van der Waals surface area contributed by atoms with E-state index in [2.05, 4.69) is 21.2 Å².